The number of hydrogen-bond donors (Lipinski definition) is 0. The van der Waals surface area contributed by atoms with Crippen molar-refractivity contribution in [2.24, 2.45) is 0 Å². The van der Waals surface area contributed by atoms with Crippen LogP contribution < -0.4 is 0 Å². The first kappa shape index (κ1) is 16.3. The highest BCUT2D eigenvalue weighted by atomic mass is 15.3. The van der Waals surface area contributed by atoms with Gasteiger partial charge >= 0.3 is 0 Å². The molecule has 4 nitrogen and oxygen atoms in total. The molecule has 0 aliphatic carbocycles. The van der Waals surface area contributed by atoms with Crippen molar-refractivity contribution in [1.82, 2.24) is 19.2 Å². The molecule has 0 bridgehead atoms. The van der Waals surface area contributed by atoms with Gasteiger partial charge in [0.25, 0.3) is 0 Å². The van der Waals surface area contributed by atoms with Gasteiger partial charge in [0.2, 0.25) is 0 Å². The number of imidazole rings is 1. The van der Waals surface area contributed by atoms with E-state index in [0.717, 1.165) is 44.1 Å². The summed E-state index contributed by atoms with van der Waals surface area (Å²) in [5.74, 6) is 0. The van der Waals surface area contributed by atoms with E-state index in [1.54, 1.807) is 0 Å². The van der Waals surface area contributed by atoms with Crippen LogP contribution in [0.5, 0.6) is 0 Å². The van der Waals surface area contributed by atoms with Crippen LogP contribution in [0.4, 0.5) is 0 Å². The van der Waals surface area contributed by atoms with Gasteiger partial charge in [-0.15, -0.1) is 0 Å². The SMILES string of the molecule is CC(C)N1CCN(Cc2c(-c3ccccc3)nc3ccccn23)CC1. The zero-order chi connectivity index (χ0) is 17.2. The van der Waals surface area contributed by atoms with Crippen LogP contribution in [0.2, 0.25) is 0 Å². The zero-order valence-electron chi connectivity index (χ0n) is 15.1. The Labute approximate surface area is 149 Å². The number of aromatic nitrogens is 2. The highest BCUT2D eigenvalue weighted by Crippen LogP contribution is 2.26. The number of pyridine rings is 1. The molecule has 0 spiro atoms. The van der Waals surface area contributed by atoms with E-state index in [-0.39, 0.29) is 0 Å². The van der Waals surface area contributed by atoms with Gasteiger partial charge in [0.15, 0.2) is 0 Å². The molecular weight excluding hydrogens is 308 g/mol. The zero-order valence-corrected chi connectivity index (χ0v) is 15.1. The van der Waals surface area contributed by atoms with Gasteiger partial charge in [-0.05, 0) is 26.0 Å². The van der Waals surface area contributed by atoms with E-state index in [1.165, 1.54) is 11.3 Å². The Morgan fingerprint density at radius 1 is 0.920 bits per heavy atom. The van der Waals surface area contributed by atoms with Crippen LogP contribution >= 0.6 is 0 Å². The van der Waals surface area contributed by atoms with Crippen molar-refractivity contribution in [2.75, 3.05) is 26.2 Å². The average Bonchev–Trinajstić information content (AvgIpc) is 3.02. The van der Waals surface area contributed by atoms with Gasteiger partial charge < -0.3 is 4.40 Å². The highest BCUT2D eigenvalue weighted by Gasteiger charge is 2.22. The summed E-state index contributed by atoms with van der Waals surface area (Å²) in [5.41, 5.74) is 4.62. The summed E-state index contributed by atoms with van der Waals surface area (Å²) < 4.78 is 2.25. The lowest BCUT2D eigenvalue weighted by molar-refractivity contribution is 0.103. The fraction of sp³-hybridized carbons (Fsp3) is 0.381. The molecule has 1 aliphatic rings. The van der Waals surface area contributed by atoms with Gasteiger partial charge in [-0.1, -0.05) is 36.4 Å². The third-order valence-corrected chi connectivity index (χ3v) is 5.19. The molecule has 0 radical (unpaired) electrons. The minimum Gasteiger partial charge on any atom is -0.302 e. The lowest BCUT2D eigenvalue weighted by Crippen LogP contribution is -2.48. The topological polar surface area (TPSA) is 23.8 Å². The van der Waals surface area contributed by atoms with E-state index in [4.69, 9.17) is 4.98 Å². The number of benzene rings is 1. The third-order valence-electron chi connectivity index (χ3n) is 5.19. The molecule has 4 heteroatoms. The summed E-state index contributed by atoms with van der Waals surface area (Å²) >= 11 is 0. The maximum Gasteiger partial charge on any atom is 0.137 e. The van der Waals surface area contributed by atoms with Crippen LogP contribution in [0.25, 0.3) is 16.9 Å². The summed E-state index contributed by atoms with van der Waals surface area (Å²) in [7, 11) is 0. The standard InChI is InChI=1S/C21H26N4/c1-17(2)24-14-12-23(13-15-24)16-19-21(18-8-4-3-5-9-18)22-20-10-6-7-11-25(19)20/h3-11,17H,12-16H2,1-2H3. The Morgan fingerprint density at radius 2 is 1.64 bits per heavy atom. The second kappa shape index (κ2) is 6.98. The summed E-state index contributed by atoms with van der Waals surface area (Å²) in [6.45, 7) is 10.0. The first-order chi connectivity index (χ1) is 12.2. The number of rotatable bonds is 4. The summed E-state index contributed by atoms with van der Waals surface area (Å²) in [6, 6.07) is 17.4. The van der Waals surface area contributed by atoms with Crippen molar-refractivity contribution in [3.05, 3.63) is 60.4 Å². The average molecular weight is 334 g/mol. The quantitative estimate of drug-likeness (QED) is 0.729. The Hall–Kier alpha value is -2.17. The van der Waals surface area contributed by atoms with Crippen molar-refractivity contribution in [3.8, 4) is 11.3 Å². The van der Waals surface area contributed by atoms with Crippen LogP contribution in [-0.2, 0) is 6.54 Å². The van der Waals surface area contributed by atoms with Gasteiger partial charge in [0, 0.05) is 50.5 Å². The predicted octanol–water partition coefficient (Wildman–Crippen LogP) is 3.53. The normalized spacial score (nSPS) is 16.8. The first-order valence-corrected chi connectivity index (χ1v) is 9.20. The molecule has 1 aromatic carbocycles. The molecule has 25 heavy (non-hydrogen) atoms. The molecule has 4 rings (SSSR count). The van der Waals surface area contributed by atoms with Gasteiger partial charge in [0.1, 0.15) is 5.65 Å². The van der Waals surface area contributed by atoms with Crippen LogP contribution in [0.3, 0.4) is 0 Å². The van der Waals surface area contributed by atoms with E-state index in [1.807, 2.05) is 0 Å². The molecule has 1 saturated heterocycles. The Bertz CT molecular complexity index is 829. The second-order valence-corrected chi connectivity index (χ2v) is 7.11. The monoisotopic (exact) mass is 334 g/mol. The first-order valence-electron chi connectivity index (χ1n) is 9.20. The van der Waals surface area contributed by atoms with E-state index >= 15 is 0 Å². The molecule has 2 aromatic heterocycles. The summed E-state index contributed by atoms with van der Waals surface area (Å²) in [4.78, 5) is 10.0. The molecule has 130 valence electrons. The van der Waals surface area contributed by atoms with Crippen molar-refractivity contribution < 1.29 is 0 Å². The number of hydrogen-bond acceptors (Lipinski definition) is 3. The Kier molecular flexibility index (Phi) is 4.55. The Morgan fingerprint density at radius 3 is 2.36 bits per heavy atom. The van der Waals surface area contributed by atoms with Gasteiger partial charge in [0.05, 0.1) is 11.4 Å². The molecular formula is C21H26N4. The minimum absolute atomic E-state index is 0.637. The molecule has 1 aliphatic heterocycles. The molecule has 0 unspecified atom stereocenters. The van der Waals surface area contributed by atoms with E-state index in [0.29, 0.717) is 6.04 Å². The smallest absolute Gasteiger partial charge is 0.137 e. The maximum atomic E-state index is 4.92. The largest absolute Gasteiger partial charge is 0.302 e. The number of fused-ring (bicyclic) bond motifs is 1. The van der Waals surface area contributed by atoms with Crippen LogP contribution in [0, 0.1) is 0 Å². The predicted molar refractivity (Wildman–Crippen MR) is 103 cm³/mol. The fourth-order valence-corrected chi connectivity index (χ4v) is 3.67. The highest BCUT2D eigenvalue weighted by molar-refractivity contribution is 5.66. The number of nitrogens with zero attached hydrogens (tertiary/aromatic N) is 4. The molecule has 0 atom stereocenters. The molecule has 1 fully saturated rings. The maximum absolute atomic E-state index is 4.92. The molecule has 3 heterocycles. The van der Waals surface area contributed by atoms with Crippen molar-refractivity contribution >= 4 is 5.65 Å². The molecule has 0 amide bonds. The lowest BCUT2D eigenvalue weighted by Gasteiger charge is -2.36. The van der Waals surface area contributed by atoms with E-state index in [2.05, 4.69) is 82.8 Å². The van der Waals surface area contributed by atoms with Crippen molar-refractivity contribution in [2.45, 2.75) is 26.4 Å². The fourth-order valence-electron chi connectivity index (χ4n) is 3.67. The van der Waals surface area contributed by atoms with Crippen molar-refractivity contribution in [1.29, 1.82) is 0 Å². The summed E-state index contributed by atoms with van der Waals surface area (Å²) in [5, 5.41) is 0. The van der Waals surface area contributed by atoms with Crippen LogP contribution in [0.15, 0.2) is 54.7 Å². The van der Waals surface area contributed by atoms with Gasteiger partial charge in [-0.25, -0.2) is 4.98 Å². The second-order valence-electron chi connectivity index (χ2n) is 7.11. The minimum atomic E-state index is 0.637. The van der Waals surface area contributed by atoms with Gasteiger partial charge in [-0.2, -0.15) is 0 Å². The van der Waals surface area contributed by atoms with E-state index < -0.39 is 0 Å². The van der Waals surface area contributed by atoms with Crippen molar-refractivity contribution in [3.63, 3.8) is 0 Å². The molecule has 3 aromatic rings. The Balaban J connectivity index is 1.65. The number of piperazine rings is 1. The lowest BCUT2D eigenvalue weighted by atomic mass is 10.1. The van der Waals surface area contributed by atoms with Crippen LogP contribution in [-0.4, -0.2) is 51.4 Å². The molecule has 0 N–H and O–H groups in total. The van der Waals surface area contributed by atoms with E-state index in [9.17, 15) is 0 Å². The van der Waals surface area contributed by atoms with Gasteiger partial charge in [-0.3, -0.25) is 9.80 Å². The van der Waals surface area contributed by atoms with Crippen LogP contribution in [0.1, 0.15) is 19.5 Å². The third kappa shape index (κ3) is 3.32. The summed E-state index contributed by atoms with van der Waals surface area (Å²) in [6.07, 6.45) is 2.13. The molecule has 0 saturated carbocycles.